The zero-order valence-electron chi connectivity index (χ0n) is 15.5. The van der Waals surface area contributed by atoms with Gasteiger partial charge in [-0.05, 0) is 23.1 Å². The van der Waals surface area contributed by atoms with Gasteiger partial charge in [-0.3, -0.25) is 9.63 Å². The molecule has 0 aliphatic heterocycles. The largest absolute Gasteiger partial charge is 0.356 e. The number of hydroxylamine groups is 2. The van der Waals surface area contributed by atoms with E-state index in [4.69, 9.17) is 4.84 Å². The first-order chi connectivity index (χ1) is 13.2. The molecule has 0 unspecified atom stereocenters. The van der Waals surface area contributed by atoms with E-state index in [1.807, 2.05) is 18.3 Å². The fourth-order valence-corrected chi connectivity index (χ4v) is 3.85. The highest BCUT2D eigenvalue weighted by atomic mass is 16.7. The molecule has 0 spiro atoms. The van der Waals surface area contributed by atoms with Crippen molar-refractivity contribution in [3.63, 3.8) is 0 Å². The monoisotopic (exact) mass is 358 g/mol. The van der Waals surface area contributed by atoms with Crippen LogP contribution in [0.4, 0.5) is 0 Å². The number of H-pyrrole nitrogens is 1. The van der Waals surface area contributed by atoms with Gasteiger partial charge in [0, 0.05) is 24.2 Å². The standard InChI is InChI=1S/C23H22N2O2/c1-25(27-2)22(26)21-20-13-14-23(15-17(20)16-24-21,18-9-5-3-6-10-18)19-11-7-4-8-12-19/h3-14,16,24H,15H2,1-2H3. The molecule has 3 aromatic rings. The minimum Gasteiger partial charge on any atom is -0.356 e. The Kier molecular flexibility index (Phi) is 4.42. The molecule has 0 atom stereocenters. The molecule has 1 aliphatic rings. The third kappa shape index (κ3) is 2.88. The normalized spacial score (nSPS) is 14.6. The summed E-state index contributed by atoms with van der Waals surface area (Å²) < 4.78 is 0. The molecule has 4 rings (SSSR count). The van der Waals surface area contributed by atoms with Crippen molar-refractivity contribution in [2.75, 3.05) is 14.2 Å². The Morgan fingerprint density at radius 1 is 1.04 bits per heavy atom. The van der Waals surface area contributed by atoms with Crippen molar-refractivity contribution in [2.45, 2.75) is 11.8 Å². The van der Waals surface area contributed by atoms with E-state index in [1.165, 1.54) is 23.3 Å². The van der Waals surface area contributed by atoms with Gasteiger partial charge in [-0.1, -0.05) is 72.8 Å². The summed E-state index contributed by atoms with van der Waals surface area (Å²) in [4.78, 5) is 20.7. The lowest BCUT2D eigenvalue weighted by Crippen LogP contribution is -2.31. The molecule has 0 saturated carbocycles. The van der Waals surface area contributed by atoms with Crippen LogP contribution in [0.1, 0.15) is 32.7 Å². The second-order valence-electron chi connectivity index (χ2n) is 6.80. The zero-order valence-corrected chi connectivity index (χ0v) is 15.5. The maximum atomic E-state index is 12.5. The first kappa shape index (κ1) is 17.3. The van der Waals surface area contributed by atoms with Crippen LogP contribution < -0.4 is 0 Å². The summed E-state index contributed by atoms with van der Waals surface area (Å²) in [7, 11) is 3.10. The van der Waals surface area contributed by atoms with Crippen LogP contribution in [0.2, 0.25) is 0 Å². The quantitative estimate of drug-likeness (QED) is 0.710. The summed E-state index contributed by atoms with van der Waals surface area (Å²) in [5, 5.41) is 1.23. The number of carbonyl (C=O) groups is 1. The summed E-state index contributed by atoms with van der Waals surface area (Å²) in [6, 6.07) is 21.0. The molecular weight excluding hydrogens is 336 g/mol. The highest BCUT2D eigenvalue weighted by Gasteiger charge is 2.36. The molecule has 0 saturated heterocycles. The first-order valence-corrected chi connectivity index (χ1v) is 8.98. The van der Waals surface area contributed by atoms with Gasteiger partial charge in [0.2, 0.25) is 0 Å². The Morgan fingerprint density at radius 2 is 1.63 bits per heavy atom. The van der Waals surface area contributed by atoms with Gasteiger partial charge >= 0.3 is 0 Å². The molecule has 0 fully saturated rings. The van der Waals surface area contributed by atoms with E-state index in [0.29, 0.717) is 5.69 Å². The van der Waals surface area contributed by atoms with Crippen LogP contribution in [-0.4, -0.2) is 30.1 Å². The topological polar surface area (TPSA) is 45.3 Å². The van der Waals surface area contributed by atoms with Crippen molar-refractivity contribution in [2.24, 2.45) is 0 Å². The van der Waals surface area contributed by atoms with Crippen LogP contribution in [0.3, 0.4) is 0 Å². The first-order valence-electron chi connectivity index (χ1n) is 8.98. The zero-order chi connectivity index (χ0) is 18.9. The number of benzene rings is 2. The summed E-state index contributed by atoms with van der Waals surface area (Å²) in [6.45, 7) is 0. The average molecular weight is 358 g/mol. The highest BCUT2D eigenvalue weighted by molar-refractivity contribution is 5.96. The van der Waals surface area contributed by atoms with Crippen LogP contribution in [0.15, 0.2) is 72.9 Å². The summed E-state index contributed by atoms with van der Waals surface area (Å²) >= 11 is 0. The molecule has 0 radical (unpaired) electrons. The number of allylic oxidation sites excluding steroid dienone is 1. The van der Waals surface area contributed by atoms with Crippen molar-refractivity contribution >= 4 is 12.0 Å². The van der Waals surface area contributed by atoms with Gasteiger partial charge < -0.3 is 4.98 Å². The molecule has 1 N–H and O–H groups in total. The SMILES string of the molecule is CON(C)C(=O)c1[nH]cc2c1C=CC(c1ccccc1)(c1ccccc1)C2. The Labute approximate surface area is 159 Å². The minimum absolute atomic E-state index is 0.185. The van der Waals surface area contributed by atoms with Crippen molar-refractivity contribution in [1.82, 2.24) is 10.0 Å². The summed E-state index contributed by atoms with van der Waals surface area (Å²) in [5.74, 6) is -0.185. The molecule has 4 nitrogen and oxygen atoms in total. The van der Waals surface area contributed by atoms with Crippen molar-refractivity contribution in [3.8, 4) is 0 Å². The number of hydrogen-bond donors (Lipinski definition) is 1. The van der Waals surface area contributed by atoms with E-state index in [1.54, 1.807) is 7.05 Å². The fraction of sp³-hybridized carbons (Fsp3) is 0.174. The van der Waals surface area contributed by atoms with Crippen molar-refractivity contribution in [1.29, 1.82) is 0 Å². The third-order valence-electron chi connectivity index (χ3n) is 5.36. The van der Waals surface area contributed by atoms with E-state index >= 15 is 0 Å². The van der Waals surface area contributed by atoms with Crippen molar-refractivity contribution in [3.05, 3.63) is 101 Å². The Morgan fingerprint density at radius 3 is 2.19 bits per heavy atom. The second kappa shape index (κ2) is 6.89. The van der Waals surface area contributed by atoms with Gasteiger partial charge in [0.05, 0.1) is 7.11 Å². The Hall–Kier alpha value is -3.11. The molecular formula is C23H22N2O2. The van der Waals surface area contributed by atoms with Crippen LogP contribution >= 0.6 is 0 Å². The van der Waals surface area contributed by atoms with Crippen LogP contribution in [0.25, 0.3) is 6.08 Å². The number of hydrogen-bond acceptors (Lipinski definition) is 2. The predicted octanol–water partition coefficient (Wildman–Crippen LogP) is 4.20. The molecule has 1 heterocycles. The average Bonchev–Trinajstić information content (AvgIpc) is 3.16. The number of aromatic amines is 1. The molecule has 1 amide bonds. The van der Waals surface area contributed by atoms with Gasteiger partial charge in [-0.2, -0.15) is 0 Å². The van der Waals surface area contributed by atoms with E-state index in [9.17, 15) is 4.79 Å². The molecule has 1 aromatic heterocycles. The van der Waals surface area contributed by atoms with Gasteiger partial charge in [-0.15, -0.1) is 0 Å². The van der Waals surface area contributed by atoms with Gasteiger partial charge in [0.15, 0.2) is 0 Å². The summed E-state index contributed by atoms with van der Waals surface area (Å²) in [5.41, 5.74) is 4.83. The molecule has 0 bridgehead atoms. The lowest BCUT2D eigenvalue weighted by atomic mass is 9.68. The van der Waals surface area contributed by atoms with Crippen LogP contribution in [-0.2, 0) is 16.7 Å². The van der Waals surface area contributed by atoms with Gasteiger partial charge in [-0.25, -0.2) is 5.06 Å². The number of rotatable bonds is 4. The van der Waals surface area contributed by atoms with Crippen LogP contribution in [0, 0.1) is 0 Å². The fourth-order valence-electron chi connectivity index (χ4n) is 3.85. The van der Waals surface area contributed by atoms with E-state index in [-0.39, 0.29) is 11.3 Å². The molecule has 136 valence electrons. The second-order valence-corrected chi connectivity index (χ2v) is 6.80. The van der Waals surface area contributed by atoms with Gasteiger partial charge in [0.25, 0.3) is 5.91 Å². The number of carbonyl (C=O) groups excluding carboxylic acids is 1. The Bertz CT molecular complexity index is 935. The van der Waals surface area contributed by atoms with Gasteiger partial charge in [0.1, 0.15) is 5.69 Å². The van der Waals surface area contributed by atoms with E-state index in [0.717, 1.165) is 17.5 Å². The molecule has 27 heavy (non-hydrogen) atoms. The predicted molar refractivity (Wildman–Crippen MR) is 106 cm³/mol. The smallest absolute Gasteiger partial charge is 0.294 e. The number of fused-ring (bicyclic) bond motifs is 1. The Balaban J connectivity index is 1.82. The molecule has 1 aliphatic carbocycles. The lowest BCUT2D eigenvalue weighted by molar-refractivity contribution is -0.0760. The summed E-state index contributed by atoms with van der Waals surface area (Å²) in [6.07, 6.45) is 7.01. The highest BCUT2D eigenvalue weighted by Crippen LogP contribution is 2.42. The molecule has 2 aromatic carbocycles. The molecule has 4 heteroatoms. The number of amides is 1. The minimum atomic E-state index is -0.259. The number of nitrogens with one attached hydrogen (secondary N) is 1. The van der Waals surface area contributed by atoms with E-state index in [2.05, 4.69) is 65.7 Å². The van der Waals surface area contributed by atoms with Crippen LogP contribution in [0.5, 0.6) is 0 Å². The number of nitrogens with zero attached hydrogens (tertiary/aromatic N) is 1. The maximum absolute atomic E-state index is 12.5. The lowest BCUT2D eigenvalue weighted by Gasteiger charge is -2.35. The third-order valence-corrected chi connectivity index (χ3v) is 5.36. The maximum Gasteiger partial charge on any atom is 0.294 e. The van der Waals surface area contributed by atoms with Crippen molar-refractivity contribution < 1.29 is 9.63 Å². The van der Waals surface area contributed by atoms with E-state index < -0.39 is 0 Å². The number of aromatic nitrogens is 1.